The van der Waals surface area contributed by atoms with Crippen molar-refractivity contribution in [3.8, 4) is 0 Å². The number of hydrogen-bond donors (Lipinski definition) is 1. The number of anilines is 1. The minimum Gasteiger partial charge on any atom is -0.368 e. The van der Waals surface area contributed by atoms with Gasteiger partial charge in [0.15, 0.2) is 0 Å². The molecule has 1 rings (SSSR count). The number of nitrogens with zero attached hydrogens (tertiary/aromatic N) is 3. The number of aliphatic imine (C=N–C) groups is 1. The van der Waals surface area contributed by atoms with Crippen molar-refractivity contribution < 1.29 is 0 Å². The van der Waals surface area contributed by atoms with Crippen molar-refractivity contribution in [2.75, 3.05) is 5.73 Å². The van der Waals surface area contributed by atoms with Crippen LogP contribution in [-0.2, 0) is 0 Å². The fourth-order valence-electron chi connectivity index (χ4n) is 1.32. The third-order valence-electron chi connectivity index (χ3n) is 2.38. The van der Waals surface area contributed by atoms with Gasteiger partial charge in [-0.05, 0) is 31.2 Å². The highest BCUT2D eigenvalue weighted by Gasteiger charge is 1.99. The van der Waals surface area contributed by atoms with Crippen molar-refractivity contribution in [2.24, 2.45) is 4.99 Å². The van der Waals surface area contributed by atoms with Gasteiger partial charge in [0.2, 0.25) is 5.95 Å². The van der Waals surface area contributed by atoms with E-state index in [1.54, 1.807) is 12.4 Å². The highest BCUT2D eigenvalue weighted by molar-refractivity contribution is 5.72. The zero-order chi connectivity index (χ0) is 13.4. The molecule has 1 aromatic heterocycles. The van der Waals surface area contributed by atoms with E-state index < -0.39 is 0 Å². The number of nitrogens with two attached hydrogens (primary N) is 1. The van der Waals surface area contributed by atoms with E-state index in [2.05, 4.69) is 40.1 Å². The number of hydrogen-bond acceptors (Lipinski definition) is 4. The molecule has 0 spiro atoms. The topological polar surface area (TPSA) is 64.2 Å². The van der Waals surface area contributed by atoms with Gasteiger partial charge in [-0.1, -0.05) is 25.7 Å². The van der Waals surface area contributed by atoms with Gasteiger partial charge in [-0.15, -0.1) is 0 Å². The van der Waals surface area contributed by atoms with E-state index in [1.165, 1.54) is 0 Å². The minimum atomic E-state index is 0.237. The second kappa shape index (κ2) is 7.23. The number of aromatic nitrogens is 2. The third kappa shape index (κ3) is 4.38. The third-order valence-corrected chi connectivity index (χ3v) is 2.38. The molecule has 0 bridgehead atoms. The molecule has 0 amide bonds. The molecule has 1 heterocycles. The first kappa shape index (κ1) is 13.9. The Hall–Kier alpha value is -2.15. The molecule has 0 saturated carbocycles. The number of unbranched alkanes of at least 4 members (excludes halogenated alkanes) is 1. The van der Waals surface area contributed by atoms with Gasteiger partial charge in [0, 0.05) is 18.0 Å². The summed E-state index contributed by atoms with van der Waals surface area (Å²) >= 11 is 0. The monoisotopic (exact) mass is 242 g/mol. The summed E-state index contributed by atoms with van der Waals surface area (Å²) in [5.41, 5.74) is 10.6. The molecule has 0 aromatic carbocycles. The lowest BCUT2D eigenvalue weighted by Gasteiger charge is -1.97. The zero-order valence-electron chi connectivity index (χ0n) is 10.9. The Kier molecular flexibility index (Phi) is 5.59. The molecule has 0 aliphatic heterocycles. The fraction of sp³-hybridized carbons (Fsp3) is 0.357. The molecule has 2 N–H and O–H groups in total. The maximum Gasteiger partial charge on any atom is 0.219 e. The molecule has 0 unspecified atom stereocenters. The molecular weight excluding hydrogens is 224 g/mol. The standard InChI is InChI=1S/C14H18N4/c1-4-6-7-11(3)8-16-13(5-2)12-9-17-14(15)18-10-12/h9-10H,2,4,6-7H2,1,3H3,(H2,15,17,18). The van der Waals surface area contributed by atoms with Crippen LogP contribution in [0.2, 0.25) is 0 Å². The van der Waals surface area contributed by atoms with Crippen LogP contribution in [0.15, 0.2) is 35.3 Å². The second-order valence-electron chi connectivity index (χ2n) is 3.96. The highest BCUT2D eigenvalue weighted by Crippen LogP contribution is 2.12. The van der Waals surface area contributed by atoms with Crippen LogP contribution in [0.5, 0.6) is 0 Å². The average Bonchev–Trinajstić information content (AvgIpc) is 2.39. The van der Waals surface area contributed by atoms with Crippen LogP contribution < -0.4 is 5.73 Å². The lowest BCUT2D eigenvalue weighted by Crippen LogP contribution is -1.94. The van der Waals surface area contributed by atoms with Gasteiger partial charge in [-0.25, -0.2) is 9.97 Å². The number of nitrogen functional groups attached to an aromatic ring is 1. The van der Waals surface area contributed by atoms with Gasteiger partial charge in [0.1, 0.15) is 5.70 Å². The lowest BCUT2D eigenvalue weighted by molar-refractivity contribution is 0.792. The quantitative estimate of drug-likeness (QED) is 0.637. The van der Waals surface area contributed by atoms with Crippen LogP contribution in [-0.4, -0.2) is 15.8 Å². The second-order valence-corrected chi connectivity index (χ2v) is 3.96. The van der Waals surface area contributed by atoms with Crippen LogP contribution in [0.3, 0.4) is 0 Å². The average molecular weight is 242 g/mol. The normalized spacial score (nSPS) is 9.22. The Morgan fingerprint density at radius 2 is 2.11 bits per heavy atom. The van der Waals surface area contributed by atoms with Crippen molar-refractivity contribution in [1.29, 1.82) is 0 Å². The van der Waals surface area contributed by atoms with E-state index in [4.69, 9.17) is 5.73 Å². The van der Waals surface area contributed by atoms with E-state index in [9.17, 15) is 0 Å². The van der Waals surface area contributed by atoms with E-state index in [-0.39, 0.29) is 5.95 Å². The Bertz CT molecular complexity index is 501. The Morgan fingerprint density at radius 3 is 2.67 bits per heavy atom. The van der Waals surface area contributed by atoms with Crippen LogP contribution in [0.25, 0.3) is 5.70 Å². The first-order valence-corrected chi connectivity index (χ1v) is 5.94. The maximum absolute atomic E-state index is 5.43. The first-order chi connectivity index (χ1) is 8.67. The fourth-order valence-corrected chi connectivity index (χ4v) is 1.32. The van der Waals surface area contributed by atoms with Crippen molar-refractivity contribution in [2.45, 2.75) is 33.1 Å². The number of allylic oxidation sites excluding steroid dienone is 1. The van der Waals surface area contributed by atoms with Crippen molar-refractivity contribution in [3.05, 3.63) is 35.8 Å². The highest BCUT2D eigenvalue weighted by atomic mass is 15.0. The van der Waals surface area contributed by atoms with E-state index >= 15 is 0 Å². The Morgan fingerprint density at radius 1 is 1.44 bits per heavy atom. The molecule has 1 aromatic rings. The summed E-state index contributed by atoms with van der Waals surface area (Å²) in [7, 11) is 0. The van der Waals surface area contributed by atoms with Gasteiger partial charge in [-0.2, -0.15) is 4.99 Å². The van der Waals surface area contributed by atoms with Crippen LogP contribution in [0.4, 0.5) is 5.95 Å². The maximum atomic E-state index is 5.43. The summed E-state index contributed by atoms with van der Waals surface area (Å²) in [6, 6.07) is 0. The summed E-state index contributed by atoms with van der Waals surface area (Å²) in [6.45, 7) is 7.78. The molecule has 0 atom stereocenters. The number of rotatable bonds is 5. The lowest BCUT2D eigenvalue weighted by atomic mass is 10.1. The first-order valence-electron chi connectivity index (χ1n) is 5.94. The molecule has 94 valence electrons. The molecular formula is C14H18N4. The smallest absolute Gasteiger partial charge is 0.219 e. The molecule has 0 saturated heterocycles. The Balaban J connectivity index is 2.89. The van der Waals surface area contributed by atoms with Crippen molar-refractivity contribution in [1.82, 2.24) is 9.97 Å². The van der Waals surface area contributed by atoms with Gasteiger partial charge in [0.05, 0.1) is 0 Å². The van der Waals surface area contributed by atoms with Crippen LogP contribution >= 0.6 is 0 Å². The van der Waals surface area contributed by atoms with E-state index in [0.717, 1.165) is 30.4 Å². The van der Waals surface area contributed by atoms with E-state index in [1.807, 2.05) is 6.92 Å². The molecule has 0 radical (unpaired) electrons. The van der Waals surface area contributed by atoms with Crippen LogP contribution in [0.1, 0.15) is 38.7 Å². The SMILES string of the molecule is C=C=C(N=C=C(C)CCCC)c1cnc(N)nc1. The van der Waals surface area contributed by atoms with Gasteiger partial charge >= 0.3 is 0 Å². The molecule has 4 nitrogen and oxygen atoms in total. The Labute approximate surface area is 108 Å². The predicted octanol–water partition coefficient (Wildman–Crippen LogP) is 2.99. The van der Waals surface area contributed by atoms with Gasteiger partial charge in [-0.3, -0.25) is 0 Å². The molecule has 0 fully saturated rings. The molecule has 4 heteroatoms. The molecule has 0 aliphatic rings. The van der Waals surface area contributed by atoms with E-state index in [0.29, 0.717) is 5.70 Å². The summed E-state index contributed by atoms with van der Waals surface area (Å²) < 4.78 is 0. The predicted molar refractivity (Wildman–Crippen MR) is 75.1 cm³/mol. The largest absolute Gasteiger partial charge is 0.368 e. The summed E-state index contributed by atoms with van der Waals surface area (Å²) in [5.74, 6) is 3.23. The van der Waals surface area contributed by atoms with Crippen molar-refractivity contribution >= 4 is 17.5 Å². The minimum absolute atomic E-state index is 0.237. The van der Waals surface area contributed by atoms with Crippen LogP contribution in [0, 0.1) is 0 Å². The summed E-state index contributed by atoms with van der Waals surface area (Å²) in [4.78, 5) is 12.0. The summed E-state index contributed by atoms with van der Waals surface area (Å²) in [5, 5.41) is 0. The van der Waals surface area contributed by atoms with Gasteiger partial charge < -0.3 is 5.73 Å². The molecule has 18 heavy (non-hydrogen) atoms. The summed E-state index contributed by atoms with van der Waals surface area (Å²) in [6.07, 6.45) is 6.51. The van der Waals surface area contributed by atoms with Gasteiger partial charge in [0.25, 0.3) is 0 Å². The zero-order valence-corrected chi connectivity index (χ0v) is 10.9. The van der Waals surface area contributed by atoms with Crippen molar-refractivity contribution in [3.63, 3.8) is 0 Å². The molecule has 0 aliphatic carbocycles.